The van der Waals surface area contributed by atoms with Gasteiger partial charge in [0.2, 0.25) is 0 Å². The normalized spacial score (nSPS) is 22.9. The van der Waals surface area contributed by atoms with Crippen LogP contribution in [0.25, 0.3) is 0 Å². The molecule has 1 aliphatic rings. The molecule has 0 heterocycles. The summed E-state index contributed by atoms with van der Waals surface area (Å²) >= 11 is 0. The van der Waals surface area contributed by atoms with E-state index in [1.165, 1.54) is 19.3 Å². The third-order valence-electron chi connectivity index (χ3n) is 2.68. The molecule has 1 saturated carbocycles. The summed E-state index contributed by atoms with van der Waals surface area (Å²) in [5.41, 5.74) is 0. The molecule has 0 amide bonds. The fourth-order valence-electron chi connectivity index (χ4n) is 1.95. The molecule has 0 spiro atoms. The summed E-state index contributed by atoms with van der Waals surface area (Å²) in [4.78, 5) is 0. The Hall–Kier alpha value is 0.200. The maximum Gasteiger partial charge on any atom is 0.297 e. The highest BCUT2D eigenvalue weighted by Crippen LogP contribution is 2.26. The van der Waals surface area contributed by atoms with Crippen LogP contribution in [0, 0.1) is 5.92 Å². The molecule has 1 aliphatic carbocycles. The van der Waals surface area contributed by atoms with Gasteiger partial charge in [-0.05, 0) is 25.7 Å². The largest absolute Gasteiger partial charge is 0.297 e. The standard InChI is InChI=1S/C8H16ClNO2S/c1-7(10-13(9,11)12)8-5-3-2-4-6-8/h7-8,10H,2-6H2,1H3. The summed E-state index contributed by atoms with van der Waals surface area (Å²) in [6.45, 7) is 1.88. The van der Waals surface area contributed by atoms with Gasteiger partial charge in [-0.2, -0.15) is 13.1 Å². The van der Waals surface area contributed by atoms with Crippen molar-refractivity contribution < 1.29 is 8.42 Å². The van der Waals surface area contributed by atoms with E-state index in [1.54, 1.807) is 0 Å². The smallest absolute Gasteiger partial charge is 0.199 e. The number of halogens is 1. The van der Waals surface area contributed by atoms with Gasteiger partial charge in [0.1, 0.15) is 0 Å². The van der Waals surface area contributed by atoms with E-state index >= 15 is 0 Å². The van der Waals surface area contributed by atoms with Crippen LogP contribution >= 0.6 is 10.7 Å². The second kappa shape index (κ2) is 4.62. The summed E-state index contributed by atoms with van der Waals surface area (Å²) < 4.78 is 23.9. The van der Waals surface area contributed by atoms with Crippen molar-refractivity contribution in [1.82, 2.24) is 4.72 Å². The van der Waals surface area contributed by atoms with Crippen LogP contribution in [0.5, 0.6) is 0 Å². The highest BCUT2D eigenvalue weighted by atomic mass is 35.7. The Morgan fingerprint density at radius 1 is 1.31 bits per heavy atom. The fourth-order valence-corrected chi connectivity index (χ4v) is 3.01. The van der Waals surface area contributed by atoms with Gasteiger partial charge in [0.15, 0.2) is 0 Å². The van der Waals surface area contributed by atoms with Gasteiger partial charge < -0.3 is 0 Å². The molecule has 1 N–H and O–H groups in total. The minimum absolute atomic E-state index is 0.0252. The SMILES string of the molecule is CC(NS(=O)(=O)Cl)C1CCCCC1. The maximum atomic E-state index is 10.7. The molecule has 78 valence electrons. The Morgan fingerprint density at radius 2 is 1.85 bits per heavy atom. The average molecular weight is 226 g/mol. The zero-order valence-corrected chi connectivity index (χ0v) is 9.37. The fraction of sp³-hybridized carbons (Fsp3) is 1.00. The van der Waals surface area contributed by atoms with E-state index in [0.29, 0.717) is 5.92 Å². The monoisotopic (exact) mass is 225 g/mol. The summed E-state index contributed by atoms with van der Waals surface area (Å²) in [6, 6.07) is -0.0252. The summed E-state index contributed by atoms with van der Waals surface area (Å²) in [7, 11) is 1.56. The van der Waals surface area contributed by atoms with Gasteiger partial charge >= 0.3 is 0 Å². The molecule has 13 heavy (non-hydrogen) atoms. The molecular formula is C8H16ClNO2S. The van der Waals surface area contributed by atoms with E-state index in [9.17, 15) is 8.42 Å². The van der Waals surface area contributed by atoms with Crippen LogP contribution in [-0.4, -0.2) is 14.5 Å². The Morgan fingerprint density at radius 3 is 2.31 bits per heavy atom. The van der Waals surface area contributed by atoms with E-state index < -0.39 is 9.24 Å². The molecule has 5 heteroatoms. The van der Waals surface area contributed by atoms with Crippen molar-refractivity contribution >= 4 is 19.9 Å². The van der Waals surface area contributed by atoms with Crippen molar-refractivity contribution in [3.8, 4) is 0 Å². The predicted molar refractivity (Wildman–Crippen MR) is 53.9 cm³/mol. The molecule has 1 unspecified atom stereocenters. The van der Waals surface area contributed by atoms with E-state index in [1.807, 2.05) is 6.92 Å². The summed E-state index contributed by atoms with van der Waals surface area (Å²) in [6.07, 6.45) is 5.91. The maximum absolute atomic E-state index is 10.7. The van der Waals surface area contributed by atoms with E-state index in [-0.39, 0.29) is 6.04 Å². The van der Waals surface area contributed by atoms with Gasteiger partial charge in [-0.1, -0.05) is 19.3 Å². The van der Waals surface area contributed by atoms with Crippen molar-refractivity contribution in [3.05, 3.63) is 0 Å². The third-order valence-corrected chi connectivity index (χ3v) is 3.60. The Labute approximate surface area is 84.4 Å². The predicted octanol–water partition coefficient (Wildman–Crippen LogP) is 2.03. The number of hydrogen-bond donors (Lipinski definition) is 1. The first-order valence-corrected chi connectivity index (χ1v) is 7.02. The molecule has 1 atom stereocenters. The van der Waals surface area contributed by atoms with Crippen molar-refractivity contribution in [1.29, 1.82) is 0 Å². The average Bonchev–Trinajstić information content (AvgIpc) is 2.03. The molecule has 1 rings (SSSR count). The zero-order valence-electron chi connectivity index (χ0n) is 7.79. The van der Waals surface area contributed by atoms with Crippen molar-refractivity contribution in [2.45, 2.75) is 45.1 Å². The molecule has 0 radical (unpaired) electrons. The lowest BCUT2D eigenvalue weighted by molar-refractivity contribution is 0.304. The van der Waals surface area contributed by atoms with Crippen LogP contribution < -0.4 is 4.72 Å². The Balaban J connectivity index is 2.42. The lowest BCUT2D eigenvalue weighted by Crippen LogP contribution is -2.36. The van der Waals surface area contributed by atoms with Gasteiger partial charge in [0, 0.05) is 16.7 Å². The highest BCUT2D eigenvalue weighted by Gasteiger charge is 2.22. The van der Waals surface area contributed by atoms with Crippen LogP contribution in [0.4, 0.5) is 0 Å². The van der Waals surface area contributed by atoms with Crippen LogP contribution in [0.1, 0.15) is 39.0 Å². The first-order chi connectivity index (χ1) is 5.99. The Bertz CT molecular complexity index is 247. The molecule has 0 aromatic rings. The minimum atomic E-state index is -3.55. The van der Waals surface area contributed by atoms with Crippen LogP contribution in [0.15, 0.2) is 0 Å². The van der Waals surface area contributed by atoms with Gasteiger partial charge in [-0.3, -0.25) is 0 Å². The second-order valence-corrected chi connectivity index (χ2v) is 6.07. The van der Waals surface area contributed by atoms with Gasteiger partial charge in [-0.15, -0.1) is 0 Å². The van der Waals surface area contributed by atoms with Gasteiger partial charge in [-0.25, -0.2) is 0 Å². The molecule has 0 aromatic carbocycles. The van der Waals surface area contributed by atoms with E-state index in [0.717, 1.165) is 12.8 Å². The van der Waals surface area contributed by atoms with Gasteiger partial charge in [0.25, 0.3) is 9.24 Å². The Kier molecular flexibility index (Phi) is 4.01. The third kappa shape index (κ3) is 4.29. The van der Waals surface area contributed by atoms with Crippen LogP contribution in [-0.2, 0) is 9.24 Å². The van der Waals surface area contributed by atoms with E-state index in [2.05, 4.69) is 4.72 Å². The summed E-state index contributed by atoms with van der Waals surface area (Å²) in [5, 5.41) is 0. The highest BCUT2D eigenvalue weighted by molar-refractivity contribution is 8.12. The van der Waals surface area contributed by atoms with Crippen LogP contribution in [0.3, 0.4) is 0 Å². The number of hydrogen-bond acceptors (Lipinski definition) is 2. The molecule has 0 bridgehead atoms. The number of rotatable bonds is 3. The number of nitrogens with one attached hydrogen (secondary N) is 1. The first-order valence-electron chi connectivity index (χ1n) is 4.71. The molecule has 1 fully saturated rings. The zero-order chi connectivity index (χ0) is 9.90. The van der Waals surface area contributed by atoms with Crippen molar-refractivity contribution in [2.24, 2.45) is 5.92 Å². The minimum Gasteiger partial charge on any atom is -0.199 e. The lowest BCUT2D eigenvalue weighted by Gasteiger charge is -2.27. The summed E-state index contributed by atoms with van der Waals surface area (Å²) in [5.74, 6) is 0.460. The lowest BCUT2D eigenvalue weighted by atomic mass is 9.85. The molecule has 0 aromatic heterocycles. The van der Waals surface area contributed by atoms with Gasteiger partial charge in [0.05, 0.1) is 0 Å². The molecular weight excluding hydrogens is 210 g/mol. The topological polar surface area (TPSA) is 46.2 Å². The molecule has 0 saturated heterocycles. The van der Waals surface area contributed by atoms with Crippen molar-refractivity contribution in [3.63, 3.8) is 0 Å². The quantitative estimate of drug-likeness (QED) is 0.748. The van der Waals surface area contributed by atoms with E-state index in [4.69, 9.17) is 10.7 Å². The molecule has 3 nitrogen and oxygen atoms in total. The first kappa shape index (κ1) is 11.3. The van der Waals surface area contributed by atoms with Crippen molar-refractivity contribution in [2.75, 3.05) is 0 Å². The molecule has 0 aliphatic heterocycles. The van der Waals surface area contributed by atoms with Crippen LogP contribution in [0.2, 0.25) is 0 Å². The second-order valence-electron chi connectivity index (χ2n) is 3.74.